The Labute approximate surface area is 140 Å². The van der Waals surface area contributed by atoms with Gasteiger partial charge in [0.05, 0.1) is 5.75 Å². The van der Waals surface area contributed by atoms with Crippen molar-refractivity contribution >= 4 is 15.8 Å². The fourth-order valence-electron chi connectivity index (χ4n) is 5.45. The van der Waals surface area contributed by atoms with Crippen molar-refractivity contribution in [1.82, 2.24) is 4.72 Å². The minimum absolute atomic E-state index is 0.0140. The van der Waals surface area contributed by atoms with Crippen LogP contribution in [-0.2, 0) is 14.8 Å². The number of rotatable bonds is 4. The van der Waals surface area contributed by atoms with Crippen LogP contribution >= 0.6 is 0 Å². The van der Waals surface area contributed by atoms with Crippen molar-refractivity contribution in [1.29, 1.82) is 0 Å². The second-order valence-electron chi connectivity index (χ2n) is 8.92. The molecule has 3 fully saturated rings. The molecule has 0 amide bonds. The van der Waals surface area contributed by atoms with Gasteiger partial charge in [-0.1, -0.05) is 40.5 Å². The maximum Gasteiger partial charge on any atom is 0.212 e. The van der Waals surface area contributed by atoms with Crippen molar-refractivity contribution in [3.05, 3.63) is 0 Å². The van der Waals surface area contributed by atoms with Crippen molar-refractivity contribution in [2.75, 3.05) is 5.75 Å². The molecule has 4 nitrogen and oxygen atoms in total. The van der Waals surface area contributed by atoms with Gasteiger partial charge in [0.15, 0.2) is 0 Å². The summed E-state index contributed by atoms with van der Waals surface area (Å²) in [6.45, 7) is 8.54. The van der Waals surface area contributed by atoms with Crippen LogP contribution < -0.4 is 4.72 Å². The molecule has 3 saturated carbocycles. The fourth-order valence-corrected chi connectivity index (χ4v) is 7.66. The number of carbonyl (C=O) groups is 1. The van der Waals surface area contributed by atoms with E-state index in [0.29, 0.717) is 24.2 Å². The lowest BCUT2D eigenvalue weighted by Gasteiger charge is -2.38. The zero-order chi connectivity index (χ0) is 17.0. The predicted octanol–water partition coefficient (Wildman–Crippen LogP) is 3.13. The smallest absolute Gasteiger partial charge is 0.212 e. The van der Waals surface area contributed by atoms with Crippen LogP contribution in [0.4, 0.5) is 0 Å². The van der Waals surface area contributed by atoms with Gasteiger partial charge in [0, 0.05) is 17.9 Å². The number of carbonyl (C=O) groups excluding carboxylic acids is 1. The van der Waals surface area contributed by atoms with Gasteiger partial charge in [0.1, 0.15) is 5.78 Å². The summed E-state index contributed by atoms with van der Waals surface area (Å²) in [4.78, 5) is 12.6. The Hall–Kier alpha value is -0.420. The van der Waals surface area contributed by atoms with E-state index in [9.17, 15) is 13.2 Å². The molecule has 0 radical (unpaired) electrons. The summed E-state index contributed by atoms with van der Waals surface area (Å²) in [6.07, 6.45) is 5.47. The topological polar surface area (TPSA) is 63.2 Å². The molecular formula is C18H31NO3S. The van der Waals surface area contributed by atoms with Crippen LogP contribution in [0.1, 0.15) is 66.2 Å². The number of ketones is 1. The van der Waals surface area contributed by atoms with Gasteiger partial charge >= 0.3 is 0 Å². The first kappa shape index (κ1) is 17.4. The minimum atomic E-state index is -3.44. The van der Waals surface area contributed by atoms with Gasteiger partial charge in [-0.15, -0.1) is 0 Å². The standard InChI is InChI=1S/C18H31NO3S/c1-12-6-5-7-15(13(12)2)19-23(21,22)11-18-9-8-14(10-16(18)20)17(18,3)4/h12-15,19H,5-11H2,1-4H3/t12-,13-,14+,15+,18-/m1/s1. The Morgan fingerprint density at radius 2 is 1.87 bits per heavy atom. The molecule has 0 aromatic rings. The average molecular weight is 342 g/mol. The molecule has 3 aliphatic rings. The number of hydrogen-bond acceptors (Lipinski definition) is 3. The largest absolute Gasteiger partial charge is 0.299 e. The van der Waals surface area contributed by atoms with Crippen LogP contribution in [0.3, 0.4) is 0 Å². The van der Waals surface area contributed by atoms with Crippen LogP contribution in [0.5, 0.6) is 0 Å². The molecule has 0 saturated heterocycles. The first-order valence-corrected chi connectivity index (χ1v) is 10.8. The normalized spacial score (nSPS) is 43.0. The van der Waals surface area contributed by atoms with Gasteiger partial charge in [0.2, 0.25) is 10.0 Å². The van der Waals surface area contributed by atoms with Gasteiger partial charge in [-0.3, -0.25) is 4.79 Å². The van der Waals surface area contributed by atoms with E-state index in [4.69, 9.17) is 0 Å². The van der Waals surface area contributed by atoms with Crippen LogP contribution in [0, 0.1) is 28.6 Å². The lowest BCUT2D eigenvalue weighted by Crippen LogP contribution is -2.50. The van der Waals surface area contributed by atoms with Crippen molar-refractivity contribution in [3.63, 3.8) is 0 Å². The molecule has 3 rings (SSSR count). The van der Waals surface area contributed by atoms with Crippen LogP contribution in [-0.4, -0.2) is 26.0 Å². The third-order valence-corrected chi connectivity index (χ3v) is 9.15. The van der Waals surface area contributed by atoms with Crippen LogP contribution in [0.2, 0.25) is 0 Å². The SMILES string of the molecule is C[C@@H]1[C@H](C)CCC[C@@H]1NS(=O)(=O)C[C@]12CC[C@@H](CC1=O)C2(C)C. The van der Waals surface area contributed by atoms with E-state index in [1.165, 1.54) is 6.42 Å². The Balaban J connectivity index is 1.78. The molecule has 23 heavy (non-hydrogen) atoms. The van der Waals surface area contributed by atoms with Gasteiger partial charge in [-0.05, 0) is 42.4 Å². The summed E-state index contributed by atoms with van der Waals surface area (Å²) in [7, 11) is -3.44. The zero-order valence-electron chi connectivity index (χ0n) is 14.9. The van der Waals surface area contributed by atoms with Gasteiger partial charge in [0.25, 0.3) is 0 Å². The van der Waals surface area contributed by atoms with Crippen molar-refractivity contribution < 1.29 is 13.2 Å². The minimum Gasteiger partial charge on any atom is -0.299 e. The first-order valence-electron chi connectivity index (χ1n) is 9.12. The van der Waals surface area contributed by atoms with E-state index < -0.39 is 15.4 Å². The van der Waals surface area contributed by atoms with Gasteiger partial charge in [-0.2, -0.15) is 0 Å². The van der Waals surface area contributed by atoms with Crippen molar-refractivity contribution in [2.45, 2.75) is 72.3 Å². The maximum atomic E-state index is 12.9. The number of fused-ring (bicyclic) bond motifs is 2. The second kappa shape index (κ2) is 5.55. The molecule has 5 atom stereocenters. The molecule has 5 heteroatoms. The Morgan fingerprint density at radius 1 is 1.17 bits per heavy atom. The molecule has 132 valence electrons. The lowest BCUT2D eigenvalue weighted by molar-refractivity contribution is -0.128. The molecule has 1 N–H and O–H groups in total. The molecule has 0 aromatic heterocycles. The Bertz CT molecular complexity index is 597. The highest BCUT2D eigenvalue weighted by Gasteiger charge is 2.65. The molecular weight excluding hydrogens is 310 g/mol. The number of nitrogens with one attached hydrogen (secondary N) is 1. The van der Waals surface area contributed by atoms with E-state index in [1.54, 1.807) is 0 Å². The molecule has 3 aliphatic carbocycles. The molecule has 0 heterocycles. The molecule has 0 unspecified atom stereocenters. The number of sulfonamides is 1. The fraction of sp³-hybridized carbons (Fsp3) is 0.944. The Morgan fingerprint density at radius 3 is 2.43 bits per heavy atom. The zero-order valence-corrected chi connectivity index (χ0v) is 15.7. The summed E-state index contributed by atoms with van der Waals surface area (Å²) in [6, 6.07) is 0.0250. The summed E-state index contributed by atoms with van der Waals surface area (Å²) >= 11 is 0. The predicted molar refractivity (Wildman–Crippen MR) is 91.5 cm³/mol. The number of Topliss-reactive ketones (excluding diaryl/α,β-unsaturated/α-hetero) is 1. The van der Waals surface area contributed by atoms with Gasteiger partial charge < -0.3 is 0 Å². The van der Waals surface area contributed by atoms with Crippen LogP contribution in [0.25, 0.3) is 0 Å². The lowest BCUT2D eigenvalue weighted by atomic mass is 9.70. The first-order chi connectivity index (χ1) is 10.6. The third-order valence-electron chi connectivity index (χ3n) is 7.61. The number of hydrogen-bond donors (Lipinski definition) is 1. The van der Waals surface area contributed by atoms with Crippen molar-refractivity contribution in [3.8, 4) is 0 Å². The van der Waals surface area contributed by atoms with Crippen molar-refractivity contribution in [2.24, 2.45) is 28.6 Å². The third kappa shape index (κ3) is 2.68. The summed E-state index contributed by atoms with van der Waals surface area (Å²) in [5.74, 6) is 1.43. The highest BCUT2D eigenvalue weighted by molar-refractivity contribution is 7.89. The maximum absolute atomic E-state index is 12.9. The van der Waals surface area contributed by atoms with E-state index in [2.05, 4.69) is 32.4 Å². The molecule has 0 spiro atoms. The summed E-state index contributed by atoms with van der Waals surface area (Å²) in [5, 5.41) is 0. The van der Waals surface area contributed by atoms with E-state index in [-0.39, 0.29) is 23.0 Å². The second-order valence-corrected chi connectivity index (χ2v) is 10.7. The monoisotopic (exact) mass is 341 g/mol. The highest BCUT2D eigenvalue weighted by Crippen LogP contribution is 2.64. The van der Waals surface area contributed by atoms with E-state index >= 15 is 0 Å². The quantitative estimate of drug-likeness (QED) is 0.854. The summed E-state index contributed by atoms with van der Waals surface area (Å²) in [5.41, 5.74) is -0.850. The van der Waals surface area contributed by atoms with E-state index in [0.717, 1.165) is 25.7 Å². The molecule has 0 aliphatic heterocycles. The van der Waals surface area contributed by atoms with Crippen LogP contribution in [0.15, 0.2) is 0 Å². The average Bonchev–Trinajstić information content (AvgIpc) is 2.77. The highest BCUT2D eigenvalue weighted by atomic mass is 32.2. The Kier molecular flexibility index (Phi) is 4.20. The molecule has 0 aromatic carbocycles. The summed E-state index contributed by atoms with van der Waals surface area (Å²) < 4.78 is 28.7. The van der Waals surface area contributed by atoms with Gasteiger partial charge in [-0.25, -0.2) is 13.1 Å². The van der Waals surface area contributed by atoms with E-state index in [1.807, 2.05) is 0 Å². The molecule has 2 bridgehead atoms.